The zero-order valence-corrected chi connectivity index (χ0v) is 21.2. The second kappa shape index (κ2) is 13.0. The van der Waals surface area contributed by atoms with E-state index in [4.69, 9.17) is 19.3 Å². The van der Waals surface area contributed by atoms with Crippen LogP contribution in [0.2, 0.25) is 0 Å². The number of nitrogens with one attached hydrogen (secondary N) is 2. The van der Waals surface area contributed by atoms with Gasteiger partial charge in [0.1, 0.15) is 11.4 Å². The molecule has 2 atom stereocenters. The monoisotopic (exact) mass is 500 g/mol. The lowest BCUT2D eigenvalue weighted by atomic mass is 9.82. The Morgan fingerprint density at radius 1 is 1.14 bits per heavy atom. The summed E-state index contributed by atoms with van der Waals surface area (Å²) in [7, 11) is 1.81. The van der Waals surface area contributed by atoms with Crippen LogP contribution in [0.4, 0.5) is 13.6 Å². The van der Waals surface area contributed by atoms with Crippen molar-refractivity contribution in [2.75, 3.05) is 20.3 Å². The van der Waals surface area contributed by atoms with E-state index in [2.05, 4.69) is 10.6 Å². The molecule has 0 radical (unpaired) electrons. The summed E-state index contributed by atoms with van der Waals surface area (Å²) in [5.74, 6) is -3.23. The fourth-order valence-corrected chi connectivity index (χ4v) is 4.30. The Labute approximate surface area is 205 Å². The van der Waals surface area contributed by atoms with Gasteiger partial charge in [-0.2, -0.15) is 0 Å². The molecule has 0 spiro atoms. The highest BCUT2D eigenvalue weighted by Gasteiger charge is 2.29. The zero-order chi connectivity index (χ0) is 26.2. The summed E-state index contributed by atoms with van der Waals surface area (Å²) >= 11 is 0. The van der Waals surface area contributed by atoms with Gasteiger partial charge in [0.2, 0.25) is 0 Å². The normalized spacial score (nSPS) is 20.1. The van der Waals surface area contributed by atoms with E-state index < -0.39 is 35.9 Å². The summed E-state index contributed by atoms with van der Waals surface area (Å²) in [4.78, 5) is 23.0. The molecular formula is C25H38F2N2O6. The van der Waals surface area contributed by atoms with Crippen LogP contribution in [0, 0.1) is 11.6 Å². The van der Waals surface area contributed by atoms with E-state index in [0.717, 1.165) is 0 Å². The molecule has 0 heterocycles. The third-order valence-electron chi connectivity index (χ3n) is 6.00. The first kappa shape index (κ1) is 28.8. The molecule has 35 heavy (non-hydrogen) atoms. The Balaban J connectivity index is 1.94. The summed E-state index contributed by atoms with van der Waals surface area (Å²) in [6.45, 7) is 7.07. The molecule has 1 fully saturated rings. The van der Waals surface area contributed by atoms with Crippen molar-refractivity contribution < 1.29 is 37.7 Å². The van der Waals surface area contributed by atoms with E-state index >= 15 is 0 Å². The molecule has 0 bridgehead atoms. The lowest BCUT2D eigenvalue weighted by Crippen LogP contribution is -2.52. The molecule has 0 aliphatic heterocycles. The van der Waals surface area contributed by atoms with Crippen LogP contribution in [0.1, 0.15) is 71.3 Å². The largest absolute Gasteiger partial charge is 0.479 e. The lowest BCUT2D eigenvalue weighted by Gasteiger charge is -2.33. The first-order valence-electron chi connectivity index (χ1n) is 12.0. The summed E-state index contributed by atoms with van der Waals surface area (Å²) in [5, 5.41) is 15.0. The highest BCUT2D eigenvalue weighted by Crippen LogP contribution is 2.40. The van der Waals surface area contributed by atoms with Crippen LogP contribution in [-0.4, -0.2) is 61.2 Å². The maximum atomic E-state index is 14.3. The van der Waals surface area contributed by atoms with E-state index in [1.54, 1.807) is 0 Å². The Hall–Kier alpha value is -2.46. The average molecular weight is 501 g/mol. The second-order valence-electron chi connectivity index (χ2n) is 9.85. The predicted octanol–water partition coefficient (Wildman–Crippen LogP) is 4.36. The minimum absolute atomic E-state index is 0.0390. The first-order valence-corrected chi connectivity index (χ1v) is 12.0. The number of carbonyl (C=O) groups excluding carboxylic acids is 1. The summed E-state index contributed by atoms with van der Waals surface area (Å²) < 4.78 is 44.8. The average Bonchev–Trinajstić information content (AvgIpc) is 2.76. The molecule has 1 aliphatic rings. The van der Waals surface area contributed by atoms with Gasteiger partial charge in [-0.05, 0) is 71.9 Å². The molecular weight excluding hydrogens is 462 g/mol. The molecule has 10 heteroatoms. The van der Waals surface area contributed by atoms with Gasteiger partial charge in [-0.25, -0.2) is 18.4 Å². The summed E-state index contributed by atoms with van der Waals surface area (Å²) in [6.07, 6.45) is 2.76. The topological polar surface area (TPSA) is 106 Å². The van der Waals surface area contributed by atoms with E-state index in [1.165, 1.54) is 6.07 Å². The van der Waals surface area contributed by atoms with E-state index in [-0.39, 0.29) is 29.9 Å². The molecule has 3 N–H and O–H groups in total. The van der Waals surface area contributed by atoms with E-state index in [1.807, 2.05) is 34.7 Å². The van der Waals surface area contributed by atoms with Crippen LogP contribution >= 0.6 is 0 Å². The third kappa shape index (κ3) is 9.25. The number of hydrogen-bond donors (Lipinski definition) is 3. The van der Waals surface area contributed by atoms with Crippen molar-refractivity contribution >= 4 is 12.1 Å². The van der Waals surface area contributed by atoms with Gasteiger partial charge in [-0.3, -0.25) is 0 Å². The number of rotatable bonds is 11. The Morgan fingerprint density at radius 3 is 2.34 bits per heavy atom. The van der Waals surface area contributed by atoms with E-state index in [0.29, 0.717) is 50.3 Å². The molecule has 0 saturated heterocycles. The fourth-order valence-electron chi connectivity index (χ4n) is 4.30. The number of carbonyl (C=O) groups is 2. The van der Waals surface area contributed by atoms with Crippen LogP contribution in [-0.2, 0) is 14.3 Å². The first-order chi connectivity index (χ1) is 16.4. The molecule has 0 aromatic heterocycles. The number of carboxylic acid groups (broad SMARTS) is 1. The molecule has 1 aliphatic carbocycles. The molecule has 198 valence electrons. The van der Waals surface area contributed by atoms with Crippen molar-refractivity contribution in [2.24, 2.45) is 0 Å². The van der Waals surface area contributed by atoms with Gasteiger partial charge >= 0.3 is 12.1 Å². The minimum Gasteiger partial charge on any atom is -0.479 e. The highest BCUT2D eigenvalue weighted by molar-refractivity contribution is 5.68. The Morgan fingerprint density at radius 2 is 1.80 bits per heavy atom. The number of benzene rings is 1. The van der Waals surface area contributed by atoms with Gasteiger partial charge in [-0.1, -0.05) is 6.92 Å². The SMILES string of the molecule is CCC(NC(=O)OC(C)(C)C)C(COC1CCC(c2cc(F)cc(F)c2OCC(=O)O)CC1)NC. The Bertz CT molecular complexity index is 853. The number of halogens is 2. The fraction of sp³-hybridized carbons (Fsp3) is 0.680. The van der Waals surface area contributed by atoms with Crippen molar-refractivity contribution in [1.82, 2.24) is 10.6 Å². The summed E-state index contributed by atoms with van der Waals surface area (Å²) in [5.41, 5.74) is -0.238. The molecule has 2 unspecified atom stereocenters. The molecule has 8 nitrogen and oxygen atoms in total. The standard InChI is InChI=1S/C25H38F2N2O6/c1-6-20(29-24(32)35-25(2,3)4)21(28-5)13-33-17-9-7-15(8-10-17)18-11-16(26)12-19(27)23(18)34-14-22(30)31/h11-12,15,17,20-21,28H,6-10,13-14H2,1-5H3,(H,29,32)(H,30,31). The highest BCUT2D eigenvalue weighted by atomic mass is 19.1. The van der Waals surface area contributed by atoms with Crippen molar-refractivity contribution in [2.45, 2.75) is 89.5 Å². The molecule has 1 aromatic carbocycles. The number of ether oxygens (including phenoxy) is 3. The van der Waals surface area contributed by atoms with Gasteiger partial charge in [-0.15, -0.1) is 0 Å². The number of alkyl carbamates (subject to hydrolysis) is 1. The van der Waals surface area contributed by atoms with Crippen LogP contribution < -0.4 is 15.4 Å². The van der Waals surface area contributed by atoms with Gasteiger partial charge in [0, 0.05) is 17.7 Å². The number of carboxylic acids is 1. The molecule has 1 amide bonds. The third-order valence-corrected chi connectivity index (χ3v) is 6.00. The molecule has 2 rings (SSSR count). The molecule has 1 aromatic rings. The van der Waals surface area contributed by atoms with Crippen LogP contribution in [0.3, 0.4) is 0 Å². The predicted molar refractivity (Wildman–Crippen MR) is 127 cm³/mol. The van der Waals surface area contributed by atoms with Gasteiger partial charge in [0.15, 0.2) is 18.2 Å². The van der Waals surface area contributed by atoms with Crippen LogP contribution in [0.5, 0.6) is 5.75 Å². The Kier molecular flexibility index (Phi) is 10.7. The van der Waals surface area contributed by atoms with Gasteiger partial charge in [0.25, 0.3) is 0 Å². The smallest absolute Gasteiger partial charge is 0.407 e. The van der Waals surface area contributed by atoms with Crippen molar-refractivity contribution in [3.63, 3.8) is 0 Å². The van der Waals surface area contributed by atoms with Crippen LogP contribution in [0.25, 0.3) is 0 Å². The summed E-state index contributed by atoms with van der Waals surface area (Å²) in [6, 6.07) is 1.61. The van der Waals surface area contributed by atoms with Gasteiger partial charge in [0.05, 0.1) is 18.8 Å². The van der Waals surface area contributed by atoms with Crippen LogP contribution in [0.15, 0.2) is 12.1 Å². The van der Waals surface area contributed by atoms with Crippen molar-refractivity contribution in [1.29, 1.82) is 0 Å². The number of aliphatic carboxylic acids is 1. The lowest BCUT2D eigenvalue weighted by molar-refractivity contribution is -0.139. The zero-order valence-electron chi connectivity index (χ0n) is 21.2. The number of hydrogen-bond acceptors (Lipinski definition) is 6. The second-order valence-corrected chi connectivity index (χ2v) is 9.85. The van der Waals surface area contributed by atoms with Gasteiger partial charge < -0.3 is 30.0 Å². The molecule has 1 saturated carbocycles. The maximum Gasteiger partial charge on any atom is 0.407 e. The number of amides is 1. The van der Waals surface area contributed by atoms with Crippen molar-refractivity contribution in [3.8, 4) is 5.75 Å². The van der Waals surface area contributed by atoms with E-state index in [9.17, 15) is 18.4 Å². The van der Waals surface area contributed by atoms with Crippen molar-refractivity contribution in [3.05, 3.63) is 29.3 Å². The maximum absolute atomic E-state index is 14.3. The quantitative estimate of drug-likeness (QED) is 0.414. The number of likely N-dealkylation sites (N-methyl/N-ethyl adjacent to an activating group) is 1. The minimum atomic E-state index is -1.23.